The van der Waals surface area contributed by atoms with Crippen molar-refractivity contribution in [3.63, 3.8) is 0 Å². The summed E-state index contributed by atoms with van der Waals surface area (Å²) < 4.78 is 1.66. The molecule has 0 saturated heterocycles. The van der Waals surface area contributed by atoms with Gasteiger partial charge in [0.25, 0.3) is 5.91 Å². The topological polar surface area (TPSA) is 85.1 Å². The van der Waals surface area contributed by atoms with Gasteiger partial charge in [0.2, 0.25) is 5.82 Å². The van der Waals surface area contributed by atoms with Crippen LogP contribution in [0.5, 0.6) is 0 Å². The number of hydrogen-bond acceptors (Lipinski definition) is 5. The van der Waals surface area contributed by atoms with Crippen molar-refractivity contribution in [2.24, 2.45) is 0 Å². The zero-order chi connectivity index (χ0) is 22.1. The molecule has 0 unspecified atom stereocenters. The van der Waals surface area contributed by atoms with Gasteiger partial charge < -0.3 is 5.32 Å². The van der Waals surface area contributed by atoms with Gasteiger partial charge in [-0.2, -0.15) is 9.61 Å². The Bertz CT molecular complexity index is 1430. The number of rotatable bonds is 4. The number of aromatic nitrogens is 5. The minimum Gasteiger partial charge on any atom is -0.322 e. The number of nitrogens with zero attached hydrogens (tertiary/aromatic N) is 5. The molecule has 2 aromatic carbocycles. The van der Waals surface area contributed by atoms with Crippen molar-refractivity contribution in [1.29, 1.82) is 0 Å². The second-order valence-corrected chi connectivity index (χ2v) is 7.70. The van der Waals surface area contributed by atoms with E-state index < -0.39 is 0 Å². The third kappa shape index (κ3) is 3.91. The molecular formula is C23H14Cl2N6O. The molecule has 0 spiro atoms. The molecule has 0 saturated carbocycles. The molecule has 3 heterocycles. The molecular weight excluding hydrogens is 447 g/mol. The van der Waals surface area contributed by atoms with Gasteiger partial charge in [-0.05, 0) is 54.6 Å². The Morgan fingerprint density at radius 2 is 1.69 bits per heavy atom. The first-order valence-corrected chi connectivity index (χ1v) is 10.3. The quantitative estimate of drug-likeness (QED) is 0.387. The van der Waals surface area contributed by atoms with E-state index in [9.17, 15) is 4.79 Å². The Labute approximate surface area is 192 Å². The van der Waals surface area contributed by atoms with Crippen LogP contribution in [0.3, 0.4) is 0 Å². The number of benzene rings is 2. The molecule has 5 rings (SSSR count). The summed E-state index contributed by atoms with van der Waals surface area (Å²) in [5.74, 6) is 0.285. The highest BCUT2D eigenvalue weighted by atomic mass is 35.5. The SMILES string of the molecule is O=C(Nc1ccc(-c2ccc3nnc(-c4ccccn4)n3n2)cc1)c1ccc(Cl)c(Cl)c1. The number of hydrogen-bond donors (Lipinski definition) is 1. The lowest BCUT2D eigenvalue weighted by atomic mass is 10.1. The number of carbonyl (C=O) groups excluding carboxylic acids is 1. The van der Waals surface area contributed by atoms with Crippen LogP contribution >= 0.6 is 23.2 Å². The van der Waals surface area contributed by atoms with Gasteiger partial charge in [-0.1, -0.05) is 41.4 Å². The Hall–Kier alpha value is -3.81. The van der Waals surface area contributed by atoms with Gasteiger partial charge in [-0.25, -0.2) is 0 Å². The molecule has 0 atom stereocenters. The molecule has 0 aliphatic carbocycles. The van der Waals surface area contributed by atoms with Crippen LogP contribution in [0.1, 0.15) is 10.4 Å². The van der Waals surface area contributed by atoms with E-state index in [4.69, 9.17) is 23.2 Å². The fraction of sp³-hybridized carbons (Fsp3) is 0. The summed E-state index contributed by atoms with van der Waals surface area (Å²) in [5.41, 5.74) is 3.98. The Kier molecular flexibility index (Phi) is 5.26. The number of carbonyl (C=O) groups is 1. The van der Waals surface area contributed by atoms with Crippen molar-refractivity contribution < 1.29 is 4.79 Å². The van der Waals surface area contributed by atoms with Gasteiger partial charge in [-0.15, -0.1) is 10.2 Å². The summed E-state index contributed by atoms with van der Waals surface area (Å²) in [6, 6.07) is 21.4. The number of nitrogens with one attached hydrogen (secondary N) is 1. The predicted octanol–water partition coefficient (Wildman–Crippen LogP) is 5.41. The Morgan fingerprint density at radius 3 is 2.44 bits per heavy atom. The van der Waals surface area contributed by atoms with Crippen molar-refractivity contribution in [1.82, 2.24) is 24.8 Å². The Morgan fingerprint density at radius 1 is 0.844 bits per heavy atom. The van der Waals surface area contributed by atoms with Gasteiger partial charge in [0, 0.05) is 23.0 Å². The van der Waals surface area contributed by atoms with E-state index in [1.54, 1.807) is 22.8 Å². The Balaban J connectivity index is 1.40. The van der Waals surface area contributed by atoms with Gasteiger partial charge >= 0.3 is 0 Å². The molecule has 3 aromatic heterocycles. The van der Waals surface area contributed by atoms with E-state index in [0.717, 1.165) is 11.3 Å². The third-order valence-corrected chi connectivity index (χ3v) is 5.52. The van der Waals surface area contributed by atoms with Crippen molar-refractivity contribution in [2.45, 2.75) is 0 Å². The lowest BCUT2D eigenvalue weighted by Gasteiger charge is -2.08. The summed E-state index contributed by atoms with van der Waals surface area (Å²) in [6.07, 6.45) is 1.70. The lowest BCUT2D eigenvalue weighted by Crippen LogP contribution is -2.11. The van der Waals surface area contributed by atoms with E-state index in [2.05, 4.69) is 25.6 Å². The van der Waals surface area contributed by atoms with E-state index in [1.807, 2.05) is 54.6 Å². The zero-order valence-corrected chi connectivity index (χ0v) is 17.9. The molecule has 0 fully saturated rings. The molecule has 5 aromatic rings. The summed E-state index contributed by atoms with van der Waals surface area (Å²) in [6.45, 7) is 0. The molecule has 0 bridgehead atoms. The van der Waals surface area contributed by atoms with Crippen molar-refractivity contribution in [3.8, 4) is 22.8 Å². The van der Waals surface area contributed by atoms with Crippen LogP contribution in [0.2, 0.25) is 10.0 Å². The average molecular weight is 461 g/mol. The second kappa shape index (κ2) is 8.37. The highest BCUT2D eigenvalue weighted by Gasteiger charge is 2.12. The van der Waals surface area contributed by atoms with Gasteiger partial charge in [0.05, 0.1) is 15.7 Å². The molecule has 9 heteroatoms. The smallest absolute Gasteiger partial charge is 0.255 e. The van der Waals surface area contributed by atoms with E-state index >= 15 is 0 Å². The fourth-order valence-corrected chi connectivity index (χ4v) is 3.46. The molecule has 1 N–H and O–H groups in total. The molecule has 32 heavy (non-hydrogen) atoms. The lowest BCUT2D eigenvalue weighted by molar-refractivity contribution is 0.102. The minimum atomic E-state index is -0.277. The van der Waals surface area contributed by atoms with Gasteiger partial charge in [0.15, 0.2) is 5.65 Å². The van der Waals surface area contributed by atoms with Crippen LogP contribution in [-0.4, -0.2) is 30.7 Å². The predicted molar refractivity (Wildman–Crippen MR) is 124 cm³/mol. The van der Waals surface area contributed by atoms with Crippen molar-refractivity contribution >= 4 is 40.4 Å². The fourth-order valence-electron chi connectivity index (χ4n) is 3.16. The summed E-state index contributed by atoms with van der Waals surface area (Å²) >= 11 is 11.9. The highest BCUT2D eigenvalue weighted by molar-refractivity contribution is 6.42. The number of pyridine rings is 1. The minimum absolute atomic E-state index is 0.277. The summed E-state index contributed by atoms with van der Waals surface area (Å²) in [7, 11) is 0. The van der Waals surface area contributed by atoms with Crippen LogP contribution < -0.4 is 5.32 Å². The average Bonchev–Trinajstić information content (AvgIpc) is 3.25. The summed E-state index contributed by atoms with van der Waals surface area (Å²) in [4.78, 5) is 16.8. The maximum Gasteiger partial charge on any atom is 0.255 e. The number of anilines is 1. The van der Waals surface area contributed by atoms with Crippen LogP contribution in [0, 0.1) is 0 Å². The third-order valence-electron chi connectivity index (χ3n) is 4.78. The standard InChI is InChI=1S/C23H14Cl2N6O/c24-17-9-6-15(13-18(17)25)23(32)27-16-7-4-14(5-8-16)19-10-11-21-28-29-22(31(21)30-19)20-3-1-2-12-26-20/h1-13H,(H,27,32). The largest absolute Gasteiger partial charge is 0.322 e. The van der Waals surface area contributed by atoms with Crippen molar-refractivity contribution in [3.05, 3.63) is 94.6 Å². The first-order chi connectivity index (χ1) is 15.6. The van der Waals surface area contributed by atoms with Crippen LogP contribution in [0.25, 0.3) is 28.4 Å². The first kappa shape index (κ1) is 20.1. The second-order valence-electron chi connectivity index (χ2n) is 6.89. The monoisotopic (exact) mass is 460 g/mol. The van der Waals surface area contributed by atoms with Crippen LogP contribution in [0.15, 0.2) is 79.0 Å². The highest BCUT2D eigenvalue weighted by Crippen LogP contribution is 2.24. The van der Waals surface area contributed by atoms with Crippen LogP contribution in [-0.2, 0) is 0 Å². The normalized spacial score (nSPS) is 10.9. The van der Waals surface area contributed by atoms with E-state index in [0.29, 0.717) is 38.5 Å². The maximum absolute atomic E-state index is 12.5. The molecule has 0 aliphatic rings. The molecule has 1 amide bonds. The molecule has 156 valence electrons. The number of amides is 1. The molecule has 0 radical (unpaired) electrons. The number of fused-ring (bicyclic) bond motifs is 1. The first-order valence-electron chi connectivity index (χ1n) is 9.59. The van der Waals surface area contributed by atoms with Gasteiger partial charge in [0.1, 0.15) is 5.69 Å². The van der Waals surface area contributed by atoms with Crippen molar-refractivity contribution in [2.75, 3.05) is 5.32 Å². The maximum atomic E-state index is 12.5. The van der Waals surface area contributed by atoms with E-state index in [1.165, 1.54) is 6.07 Å². The zero-order valence-electron chi connectivity index (χ0n) is 16.4. The molecule has 7 nitrogen and oxygen atoms in total. The number of halogens is 2. The van der Waals surface area contributed by atoms with E-state index in [-0.39, 0.29) is 5.91 Å². The summed E-state index contributed by atoms with van der Waals surface area (Å²) in [5, 5.41) is 16.6. The van der Waals surface area contributed by atoms with Crippen LogP contribution in [0.4, 0.5) is 5.69 Å². The molecule has 0 aliphatic heterocycles. The van der Waals surface area contributed by atoms with Gasteiger partial charge in [-0.3, -0.25) is 9.78 Å².